The molecule has 1 aromatic rings. The summed E-state index contributed by atoms with van der Waals surface area (Å²) in [5.41, 5.74) is 2.03. The molecule has 2 fully saturated rings. The van der Waals surface area contributed by atoms with E-state index in [1.165, 1.54) is 6.26 Å². The zero-order chi connectivity index (χ0) is 15.8. The van der Waals surface area contributed by atoms with E-state index in [4.69, 9.17) is 0 Å². The molecule has 6 heteroatoms. The van der Waals surface area contributed by atoms with E-state index in [9.17, 15) is 13.2 Å². The van der Waals surface area contributed by atoms with Gasteiger partial charge in [0.2, 0.25) is 15.9 Å². The Morgan fingerprint density at radius 3 is 2.41 bits per heavy atom. The molecule has 5 nitrogen and oxygen atoms in total. The maximum Gasteiger partial charge on any atom is 0.226 e. The lowest BCUT2D eigenvalue weighted by Crippen LogP contribution is -2.35. The van der Waals surface area contributed by atoms with Gasteiger partial charge in [-0.2, -0.15) is 0 Å². The summed E-state index contributed by atoms with van der Waals surface area (Å²) in [6.45, 7) is 1.24. The summed E-state index contributed by atoms with van der Waals surface area (Å²) in [6.07, 6.45) is 5.84. The molecule has 1 amide bonds. The van der Waals surface area contributed by atoms with Crippen LogP contribution in [0, 0.1) is 0 Å². The van der Waals surface area contributed by atoms with Crippen LogP contribution in [0.25, 0.3) is 0 Å². The number of carbonyl (C=O) groups excluding carboxylic acids is 1. The van der Waals surface area contributed by atoms with Crippen molar-refractivity contribution in [3.8, 4) is 0 Å². The third-order valence-electron chi connectivity index (χ3n) is 4.64. The number of anilines is 1. The maximum absolute atomic E-state index is 12.0. The highest BCUT2D eigenvalue weighted by Gasteiger charge is 2.44. The van der Waals surface area contributed by atoms with Crippen LogP contribution in [-0.4, -0.2) is 33.7 Å². The minimum Gasteiger partial charge on any atom is -0.312 e. The van der Waals surface area contributed by atoms with Gasteiger partial charge in [-0.1, -0.05) is 12.1 Å². The normalized spacial score (nSPS) is 21.0. The predicted octanol–water partition coefficient (Wildman–Crippen LogP) is 1.78. The van der Waals surface area contributed by atoms with Crippen molar-refractivity contribution in [1.82, 2.24) is 4.72 Å². The van der Waals surface area contributed by atoms with Crippen LogP contribution in [-0.2, 0) is 20.2 Å². The SMILES string of the molecule is CS(=O)(=O)NCC1(c2ccc(N3CCCCC3=O)cc2)CC1. The molecule has 0 bridgehead atoms. The number of amides is 1. The van der Waals surface area contributed by atoms with E-state index in [0.717, 1.165) is 43.5 Å². The Hall–Kier alpha value is -1.40. The van der Waals surface area contributed by atoms with Gasteiger partial charge in [-0.05, 0) is 43.4 Å². The molecule has 2 aliphatic rings. The van der Waals surface area contributed by atoms with Gasteiger partial charge in [0.1, 0.15) is 0 Å². The molecule has 1 aliphatic carbocycles. The molecule has 1 aromatic carbocycles. The molecule has 22 heavy (non-hydrogen) atoms. The van der Waals surface area contributed by atoms with Crippen LogP contribution < -0.4 is 9.62 Å². The first kappa shape index (κ1) is 15.5. The van der Waals surface area contributed by atoms with Crippen molar-refractivity contribution in [2.75, 3.05) is 24.2 Å². The molecule has 0 spiro atoms. The van der Waals surface area contributed by atoms with E-state index in [2.05, 4.69) is 4.72 Å². The van der Waals surface area contributed by atoms with E-state index in [1.54, 1.807) is 0 Å². The summed E-state index contributed by atoms with van der Waals surface area (Å²) in [5, 5.41) is 0. The van der Waals surface area contributed by atoms with Crippen molar-refractivity contribution in [3.05, 3.63) is 29.8 Å². The zero-order valence-corrected chi connectivity index (χ0v) is 13.7. The minimum atomic E-state index is -3.16. The first-order valence-electron chi connectivity index (χ1n) is 7.75. The van der Waals surface area contributed by atoms with Crippen molar-refractivity contribution >= 4 is 21.6 Å². The molecule has 1 N–H and O–H groups in total. The fourth-order valence-corrected chi connectivity index (χ4v) is 3.60. The number of hydrogen-bond acceptors (Lipinski definition) is 3. The summed E-state index contributed by atoms with van der Waals surface area (Å²) in [5.74, 6) is 0.193. The van der Waals surface area contributed by atoms with E-state index in [1.807, 2.05) is 29.2 Å². The monoisotopic (exact) mass is 322 g/mol. The summed E-state index contributed by atoms with van der Waals surface area (Å²) in [4.78, 5) is 13.8. The lowest BCUT2D eigenvalue weighted by Gasteiger charge is -2.27. The number of piperidine rings is 1. The molecule has 0 aromatic heterocycles. The Morgan fingerprint density at radius 1 is 1.18 bits per heavy atom. The third kappa shape index (κ3) is 3.33. The molecule has 1 saturated heterocycles. The number of hydrogen-bond donors (Lipinski definition) is 1. The second-order valence-electron chi connectivity index (χ2n) is 6.42. The summed E-state index contributed by atoms with van der Waals surface area (Å²) in [7, 11) is -3.16. The van der Waals surface area contributed by atoms with Gasteiger partial charge in [-0.25, -0.2) is 13.1 Å². The Morgan fingerprint density at radius 2 is 1.86 bits per heavy atom. The molecule has 1 heterocycles. The highest BCUT2D eigenvalue weighted by molar-refractivity contribution is 7.88. The lowest BCUT2D eigenvalue weighted by atomic mass is 9.96. The van der Waals surface area contributed by atoms with E-state index < -0.39 is 10.0 Å². The highest BCUT2D eigenvalue weighted by atomic mass is 32.2. The number of sulfonamides is 1. The van der Waals surface area contributed by atoms with Crippen LogP contribution in [0.3, 0.4) is 0 Å². The van der Waals surface area contributed by atoms with Crippen molar-refractivity contribution in [1.29, 1.82) is 0 Å². The molecule has 1 aliphatic heterocycles. The number of benzene rings is 1. The van der Waals surface area contributed by atoms with Crippen molar-refractivity contribution < 1.29 is 13.2 Å². The van der Waals surface area contributed by atoms with Crippen molar-refractivity contribution in [2.45, 2.75) is 37.5 Å². The van der Waals surface area contributed by atoms with E-state index in [-0.39, 0.29) is 11.3 Å². The van der Waals surface area contributed by atoms with Crippen LogP contribution in [0.1, 0.15) is 37.7 Å². The van der Waals surface area contributed by atoms with Gasteiger partial charge in [-0.15, -0.1) is 0 Å². The summed E-state index contributed by atoms with van der Waals surface area (Å²) in [6, 6.07) is 8.04. The standard InChI is InChI=1S/C16H22N2O3S/c1-22(20,21)17-12-16(9-10-16)13-5-7-14(8-6-13)18-11-3-2-4-15(18)19/h5-8,17H,2-4,9-12H2,1H3. The number of nitrogens with zero attached hydrogens (tertiary/aromatic N) is 1. The van der Waals surface area contributed by atoms with Gasteiger partial charge >= 0.3 is 0 Å². The first-order chi connectivity index (χ1) is 10.4. The third-order valence-corrected chi connectivity index (χ3v) is 5.31. The average Bonchev–Trinajstić information content (AvgIpc) is 3.27. The highest BCUT2D eigenvalue weighted by Crippen LogP contribution is 2.48. The van der Waals surface area contributed by atoms with Crippen LogP contribution >= 0.6 is 0 Å². The van der Waals surface area contributed by atoms with Crippen molar-refractivity contribution in [2.24, 2.45) is 0 Å². The fourth-order valence-electron chi connectivity index (χ4n) is 3.06. The Labute approximate surface area is 131 Å². The largest absolute Gasteiger partial charge is 0.312 e. The molecular weight excluding hydrogens is 300 g/mol. The minimum absolute atomic E-state index is 0.0620. The van der Waals surface area contributed by atoms with Gasteiger partial charge in [0.15, 0.2) is 0 Å². The quantitative estimate of drug-likeness (QED) is 0.898. The van der Waals surface area contributed by atoms with Gasteiger partial charge in [0.25, 0.3) is 0 Å². The first-order valence-corrected chi connectivity index (χ1v) is 9.64. The Balaban J connectivity index is 1.73. The second kappa shape index (κ2) is 5.66. The number of rotatable bonds is 5. The molecule has 1 saturated carbocycles. The van der Waals surface area contributed by atoms with Crippen LogP contribution in [0.15, 0.2) is 24.3 Å². The Bertz CT molecular complexity index is 663. The van der Waals surface area contributed by atoms with Gasteiger partial charge in [-0.3, -0.25) is 4.79 Å². The number of carbonyl (C=O) groups is 1. The average molecular weight is 322 g/mol. The van der Waals surface area contributed by atoms with Crippen LogP contribution in [0.4, 0.5) is 5.69 Å². The molecule has 0 atom stereocenters. The maximum atomic E-state index is 12.0. The zero-order valence-electron chi connectivity index (χ0n) is 12.8. The Kier molecular flexibility index (Phi) is 3.99. The molecule has 0 unspecified atom stereocenters. The fraction of sp³-hybridized carbons (Fsp3) is 0.562. The van der Waals surface area contributed by atoms with Crippen LogP contribution in [0.2, 0.25) is 0 Å². The molecule has 0 radical (unpaired) electrons. The van der Waals surface area contributed by atoms with Gasteiger partial charge in [0.05, 0.1) is 6.26 Å². The van der Waals surface area contributed by atoms with Crippen molar-refractivity contribution in [3.63, 3.8) is 0 Å². The molecular formula is C16H22N2O3S. The van der Waals surface area contributed by atoms with Gasteiger partial charge in [0, 0.05) is 30.6 Å². The summed E-state index contributed by atoms with van der Waals surface area (Å²) >= 11 is 0. The smallest absolute Gasteiger partial charge is 0.226 e. The second-order valence-corrected chi connectivity index (χ2v) is 8.26. The van der Waals surface area contributed by atoms with Gasteiger partial charge < -0.3 is 4.90 Å². The summed E-state index contributed by atoms with van der Waals surface area (Å²) < 4.78 is 25.2. The van der Waals surface area contributed by atoms with E-state index >= 15 is 0 Å². The van der Waals surface area contributed by atoms with E-state index in [0.29, 0.717) is 13.0 Å². The van der Waals surface area contributed by atoms with Crippen LogP contribution in [0.5, 0.6) is 0 Å². The topological polar surface area (TPSA) is 66.5 Å². The molecule has 3 rings (SSSR count). The lowest BCUT2D eigenvalue weighted by molar-refractivity contribution is -0.119. The molecule has 120 valence electrons. The number of nitrogens with one attached hydrogen (secondary N) is 1. The predicted molar refractivity (Wildman–Crippen MR) is 86.4 cm³/mol.